The van der Waals surface area contributed by atoms with E-state index in [2.05, 4.69) is 12.2 Å². The van der Waals surface area contributed by atoms with Crippen molar-refractivity contribution in [3.63, 3.8) is 0 Å². The molecule has 0 radical (unpaired) electrons. The minimum absolute atomic E-state index is 0.275. The van der Waals surface area contributed by atoms with Crippen molar-refractivity contribution in [2.75, 3.05) is 18.1 Å². The van der Waals surface area contributed by atoms with E-state index in [1.165, 1.54) is 17.9 Å². The lowest BCUT2D eigenvalue weighted by Gasteiger charge is -2.18. The summed E-state index contributed by atoms with van der Waals surface area (Å²) in [5.41, 5.74) is 0. The summed E-state index contributed by atoms with van der Waals surface area (Å²) in [6.07, 6.45) is 2.29. The van der Waals surface area contributed by atoms with E-state index in [0.717, 1.165) is 6.42 Å². The van der Waals surface area contributed by atoms with Gasteiger partial charge in [-0.15, -0.1) is 0 Å². The van der Waals surface area contributed by atoms with E-state index in [9.17, 15) is 0 Å². The van der Waals surface area contributed by atoms with Crippen molar-refractivity contribution >= 4 is 11.8 Å². The molecule has 0 unspecified atom stereocenters. The first kappa shape index (κ1) is 9.36. The molecule has 0 amide bonds. The summed E-state index contributed by atoms with van der Waals surface area (Å²) >= 11 is 2.00. The fraction of sp³-hybridized carbons (Fsp3) is 1.00. The molecule has 1 rings (SSSR count). The molecule has 1 saturated heterocycles. The third kappa shape index (κ3) is 3.01. The Hall–Kier alpha value is 0.270. The summed E-state index contributed by atoms with van der Waals surface area (Å²) < 4.78 is 0. The predicted molar refractivity (Wildman–Crippen MR) is 50.0 cm³/mol. The summed E-state index contributed by atoms with van der Waals surface area (Å²) in [6, 6.07) is 0.968. The van der Waals surface area contributed by atoms with E-state index < -0.39 is 0 Å². The van der Waals surface area contributed by atoms with Crippen molar-refractivity contribution in [1.29, 1.82) is 0 Å². The van der Waals surface area contributed by atoms with Crippen LogP contribution in [0.5, 0.6) is 0 Å². The Morgan fingerprint density at radius 3 is 3.00 bits per heavy atom. The zero-order valence-electron chi connectivity index (χ0n) is 7.05. The van der Waals surface area contributed by atoms with Crippen molar-refractivity contribution < 1.29 is 5.11 Å². The second kappa shape index (κ2) is 5.01. The van der Waals surface area contributed by atoms with Gasteiger partial charge in [-0.05, 0) is 18.6 Å². The van der Waals surface area contributed by atoms with Gasteiger partial charge < -0.3 is 10.4 Å². The second-order valence-electron chi connectivity index (χ2n) is 3.01. The molecular weight excluding hydrogens is 158 g/mol. The quantitative estimate of drug-likeness (QED) is 0.664. The summed E-state index contributed by atoms with van der Waals surface area (Å²) in [6.45, 7) is 2.38. The molecule has 1 aliphatic heterocycles. The van der Waals surface area contributed by atoms with Crippen molar-refractivity contribution in [2.45, 2.75) is 31.8 Å². The highest BCUT2D eigenvalue weighted by molar-refractivity contribution is 7.99. The van der Waals surface area contributed by atoms with Gasteiger partial charge in [0.05, 0.1) is 6.61 Å². The van der Waals surface area contributed by atoms with Crippen LogP contribution in [-0.4, -0.2) is 35.3 Å². The van der Waals surface area contributed by atoms with Gasteiger partial charge in [-0.3, -0.25) is 0 Å². The largest absolute Gasteiger partial charge is 0.395 e. The molecule has 0 bridgehead atoms. The zero-order chi connectivity index (χ0) is 8.10. The molecule has 0 aromatic rings. The number of thioether (sulfide) groups is 1. The van der Waals surface area contributed by atoms with Gasteiger partial charge in [-0.25, -0.2) is 0 Å². The summed E-state index contributed by atoms with van der Waals surface area (Å²) in [7, 11) is 0. The van der Waals surface area contributed by atoms with Gasteiger partial charge in [-0.1, -0.05) is 6.92 Å². The number of nitrogens with one attached hydrogen (secondary N) is 1. The molecule has 1 fully saturated rings. The second-order valence-corrected chi connectivity index (χ2v) is 4.16. The van der Waals surface area contributed by atoms with E-state index in [0.29, 0.717) is 12.1 Å². The lowest BCUT2D eigenvalue weighted by molar-refractivity contribution is 0.230. The molecule has 2 N–H and O–H groups in total. The Morgan fingerprint density at radius 1 is 1.73 bits per heavy atom. The molecule has 3 heteroatoms. The van der Waals surface area contributed by atoms with Crippen LogP contribution in [0.3, 0.4) is 0 Å². The molecule has 66 valence electrons. The average molecular weight is 175 g/mol. The first-order valence-electron chi connectivity index (χ1n) is 4.31. The lowest BCUT2D eigenvalue weighted by Crippen LogP contribution is -2.40. The maximum absolute atomic E-state index is 8.92. The Morgan fingerprint density at radius 2 is 2.55 bits per heavy atom. The number of hydrogen-bond acceptors (Lipinski definition) is 3. The van der Waals surface area contributed by atoms with E-state index in [1.807, 2.05) is 11.8 Å². The van der Waals surface area contributed by atoms with Crippen LogP contribution in [0.2, 0.25) is 0 Å². The summed E-state index contributed by atoms with van der Waals surface area (Å²) in [4.78, 5) is 0. The molecule has 1 aliphatic rings. The third-order valence-corrected chi connectivity index (χ3v) is 3.28. The fourth-order valence-corrected chi connectivity index (χ4v) is 2.46. The average Bonchev–Trinajstić information content (AvgIpc) is 2.52. The zero-order valence-corrected chi connectivity index (χ0v) is 7.86. The molecule has 0 aromatic carbocycles. The molecule has 0 aromatic heterocycles. The maximum Gasteiger partial charge on any atom is 0.0584 e. The van der Waals surface area contributed by atoms with Gasteiger partial charge in [0.1, 0.15) is 0 Å². The minimum atomic E-state index is 0.275. The molecule has 1 heterocycles. The van der Waals surface area contributed by atoms with Gasteiger partial charge in [0.15, 0.2) is 0 Å². The fourth-order valence-electron chi connectivity index (χ4n) is 1.30. The standard InChI is InChI=1S/C8H17NOS/c1-2-7(5-10)9-8-3-4-11-6-8/h7-10H,2-6H2,1H3/t7-,8-/m1/s1. The van der Waals surface area contributed by atoms with E-state index in [1.54, 1.807) is 0 Å². The van der Waals surface area contributed by atoms with Crippen LogP contribution in [0.15, 0.2) is 0 Å². The van der Waals surface area contributed by atoms with Gasteiger partial charge in [0, 0.05) is 17.8 Å². The lowest BCUT2D eigenvalue weighted by atomic mass is 10.2. The molecule has 0 saturated carbocycles. The van der Waals surface area contributed by atoms with E-state index >= 15 is 0 Å². The molecule has 0 aliphatic carbocycles. The highest BCUT2D eigenvalue weighted by Gasteiger charge is 2.17. The monoisotopic (exact) mass is 175 g/mol. The van der Waals surface area contributed by atoms with Crippen LogP contribution in [0.1, 0.15) is 19.8 Å². The normalized spacial score (nSPS) is 27.3. The summed E-state index contributed by atoms with van der Waals surface area (Å²) in [5, 5.41) is 12.4. The number of aliphatic hydroxyl groups is 1. The van der Waals surface area contributed by atoms with Gasteiger partial charge in [0.2, 0.25) is 0 Å². The molecule has 2 atom stereocenters. The first-order valence-corrected chi connectivity index (χ1v) is 5.47. The molecule has 11 heavy (non-hydrogen) atoms. The van der Waals surface area contributed by atoms with Crippen LogP contribution in [0.25, 0.3) is 0 Å². The number of hydrogen-bond donors (Lipinski definition) is 2. The van der Waals surface area contributed by atoms with Crippen LogP contribution in [0, 0.1) is 0 Å². The van der Waals surface area contributed by atoms with E-state index in [-0.39, 0.29) is 6.61 Å². The SMILES string of the molecule is CC[C@H](CO)N[C@@H]1CCSC1. The van der Waals surface area contributed by atoms with Crippen molar-refractivity contribution in [3.8, 4) is 0 Å². The highest BCUT2D eigenvalue weighted by Crippen LogP contribution is 2.17. The minimum Gasteiger partial charge on any atom is -0.395 e. The number of rotatable bonds is 4. The summed E-state index contributed by atoms with van der Waals surface area (Å²) in [5.74, 6) is 2.50. The third-order valence-electron chi connectivity index (χ3n) is 2.11. The molecule has 2 nitrogen and oxygen atoms in total. The van der Waals surface area contributed by atoms with Crippen LogP contribution >= 0.6 is 11.8 Å². The van der Waals surface area contributed by atoms with E-state index in [4.69, 9.17) is 5.11 Å². The van der Waals surface area contributed by atoms with Crippen molar-refractivity contribution in [1.82, 2.24) is 5.32 Å². The predicted octanol–water partition coefficient (Wildman–Crippen LogP) is 0.852. The van der Waals surface area contributed by atoms with Gasteiger partial charge in [0.25, 0.3) is 0 Å². The topological polar surface area (TPSA) is 32.3 Å². The van der Waals surface area contributed by atoms with Crippen molar-refractivity contribution in [3.05, 3.63) is 0 Å². The Balaban J connectivity index is 2.16. The number of aliphatic hydroxyl groups excluding tert-OH is 1. The Bertz CT molecular complexity index is 100. The maximum atomic E-state index is 8.92. The molecule has 0 spiro atoms. The van der Waals surface area contributed by atoms with Crippen molar-refractivity contribution in [2.24, 2.45) is 0 Å². The Kier molecular flexibility index (Phi) is 4.26. The Labute approximate surface area is 72.8 Å². The smallest absolute Gasteiger partial charge is 0.0584 e. The van der Waals surface area contributed by atoms with Crippen LogP contribution in [-0.2, 0) is 0 Å². The van der Waals surface area contributed by atoms with Gasteiger partial charge >= 0.3 is 0 Å². The van der Waals surface area contributed by atoms with Crippen LogP contribution < -0.4 is 5.32 Å². The first-order chi connectivity index (χ1) is 5.36. The highest BCUT2D eigenvalue weighted by atomic mass is 32.2. The van der Waals surface area contributed by atoms with Crippen LogP contribution in [0.4, 0.5) is 0 Å². The molecular formula is C8H17NOS. The van der Waals surface area contributed by atoms with Gasteiger partial charge in [-0.2, -0.15) is 11.8 Å².